The van der Waals surface area contributed by atoms with E-state index in [0.29, 0.717) is 23.4 Å². The van der Waals surface area contributed by atoms with Crippen LogP contribution in [0, 0.1) is 6.92 Å². The SMILES string of the molecule is CCN(C)C(=O)c1cccc(C(=O)NCc2cc(C(=O)O)c(C)o2)c1. The number of aryl methyl sites for hydroxylation is 1. The van der Waals surface area contributed by atoms with E-state index in [1.54, 1.807) is 37.1 Å². The summed E-state index contributed by atoms with van der Waals surface area (Å²) in [6.45, 7) is 4.04. The lowest BCUT2D eigenvalue weighted by atomic mass is 10.1. The lowest BCUT2D eigenvalue weighted by molar-refractivity contribution is 0.0694. The molecule has 2 aromatic rings. The summed E-state index contributed by atoms with van der Waals surface area (Å²) in [4.78, 5) is 37.0. The van der Waals surface area contributed by atoms with E-state index in [2.05, 4.69) is 5.32 Å². The number of nitrogens with one attached hydrogen (secondary N) is 1. The number of benzene rings is 1. The molecule has 0 saturated heterocycles. The summed E-state index contributed by atoms with van der Waals surface area (Å²) in [6.07, 6.45) is 0. The number of carbonyl (C=O) groups is 3. The number of carbonyl (C=O) groups excluding carboxylic acids is 2. The highest BCUT2D eigenvalue weighted by molar-refractivity contribution is 5.99. The molecule has 0 aliphatic carbocycles. The maximum absolute atomic E-state index is 12.3. The zero-order valence-corrected chi connectivity index (χ0v) is 14.3. The highest BCUT2D eigenvalue weighted by Gasteiger charge is 2.16. The third-order valence-electron chi connectivity index (χ3n) is 3.82. The predicted molar refractivity (Wildman–Crippen MR) is 90.7 cm³/mol. The highest BCUT2D eigenvalue weighted by atomic mass is 16.4. The van der Waals surface area contributed by atoms with E-state index in [0.717, 1.165) is 0 Å². The van der Waals surface area contributed by atoms with Crippen LogP contribution in [0.25, 0.3) is 0 Å². The molecule has 0 bridgehead atoms. The summed E-state index contributed by atoms with van der Waals surface area (Å²) in [5.74, 6) is -0.983. The average Bonchev–Trinajstić information content (AvgIpc) is 2.99. The van der Waals surface area contributed by atoms with Crippen LogP contribution in [0.5, 0.6) is 0 Å². The van der Waals surface area contributed by atoms with Crippen molar-refractivity contribution in [2.45, 2.75) is 20.4 Å². The Morgan fingerprint density at radius 1 is 1.20 bits per heavy atom. The van der Waals surface area contributed by atoms with Crippen molar-refractivity contribution in [3.05, 3.63) is 58.5 Å². The number of nitrogens with zero attached hydrogens (tertiary/aromatic N) is 1. The van der Waals surface area contributed by atoms with Crippen molar-refractivity contribution in [3.8, 4) is 0 Å². The molecule has 0 spiro atoms. The Labute approximate surface area is 145 Å². The predicted octanol–water partition coefficient (Wildman–Crippen LogP) is 2.31. The number of carboxylic acid groups (broad SMARTS) is 1. The van der Waals surface area contributed by atoms with E-state index in [1.165, 1.54) is 12.1 Å². The quantitative estimate of drug-likeness (QED) is 0.837. The van der Waals surface area contributed by atoms with Gasteiger partial charge in [-0.25, -0.2) is 4.79 Å². The van der Waals surface area contributed by atoms with E-state index < -0.39 is 5.97 Å². The van der Waals surface area contributed by atoms with Gasteiger partial charge in [0.1, 0.15) is 17.1 Å². The van der Waals surface area contributed by atoms with Crippen molar-refractivity contribution in [3.63, 3.8) is 0 Å². The van der Waals surface area contributed by atoms with Crippen molar-refractivity contribution in [1.82, 2.24) is 10.2 Å². The second-order valence-electron chi connectivity index (χ2n) is 5.57. The molecule has 2 rings (SSSR count). The lowest BCUT2D eigenvalue weighted by Crippen LogP contribution is -2.27. The number of furan rings is 1. The first-order chi connectivity index (χ1) is 11.8. The molecule has 2 N–H and O–H groups in total. The van der Waals surface area contributed by atoms with Crippen LogP contribution in [0.1, 0.15) is 49.5 Å². The molecule has 0 aliphatic rings. The first-order valence-corrected chi connectivity index (χ1v) is 7.79. The fourth-order valence-corrected chi connectivity index (χ4v) is 2.27. The van der Waals surface area contributed by atoms with Gasteiger partial charge in [-0.3, -0.25) is 9.59 Å². The Bertz CT molecular complexity index is 810. The molecule has 0 unspecified atom stereocenters. The molecule has 132 valence electrons. The summed E-state index contributed by atoms with van der Waals surface area (Å²) in [5, 5.41) is 11.7. The Kier molecular flexibility index (Phi) is 5.59. The summed E-state index contributed by atoms with van der Waals surface area (Å²) in [7, 11) is 1.69. The molecule has 1 aromatic carbocycles. The van der Waals surface area contributed by atoms with Gasteiger partial charge in [0, 0.05) is 24.7 Å². The molecule has 7 nitrogen and oxygen atoms in total. The molecule has 0 atom stereocenters. The van der Waals surface area contributed by atoms with Crippen LogP contribution in [-0.4, -0.2) is 41.4 Å². The van der Waals surface area contributed by atoms with Gasteiger partial charge >= 0.3 is 5.97 Å². The van der Waals surface area contributed by atoms with E-state index in [1.807, 2.05) is 6.92 Å². The zero-order chi connectivity index (χ0) is 18.6. The van der Waals surface area contributed by atoms with Crippen LogP contribution < -0.4 is 5.32 Å². The molecule has 1 heterocycles. The monoisotopic (exact) mass is 344 g/mol. The maximum atomic E-state index is 12.3. The second-order valence-corrected chi connectivity index (χ2v) is 5.57. The Morgan fingerprint density at radius 3 is 2.48 bits per heavy atom. The summed E-state index contributed by atoms with van der Waals surface area (Å²) >= 11 is 0. The van der Waals surface area contributed by atoms with Crippen LogP contribution >= 0.6 is 0 Å². The third kappa shape index (κ3) is 4.26. The molecule has 0 aliphatic heterocycles. The van der Waals surface area contributed by atoms with Gasteiger partial charge < -0.3 is 19.7 Å². The number of hydrogen-bond donors (Lipinski definition) is 2. The van der Waals surface area contributed by atoms with E-state index >= 15 is 0 Å². The van der Waals surface area contributed by atoms with Crippen molar-refractivity contribution in [2.75, 3.05) is 13.6 Å². The van der Waals surface area contributed by atoms with Gasteiger partial charge in [0.25, 0.3) is 11.8 Å². The van der Waals surface area contributed by atoms with Gasteiger partial charge in [0.05, 0.1) is 6.54 Å². The molecule has 0 radical (unpaired) electrons. The van der Waals surface area contributed by atoms with Gasteiger partial charge in [0.2, 0.25) is 0 Å². The van der Waals surface area contributed by atoms with E-state index in [-0.39, 0.29) is 29.7 Å². The standard InChI is InChI=1S/C18H20N2O5/c1-4-20(3)17(22)13-7-5-6-12(8-13)16(21)19-10-14-9-15(18(23)24)11(2)25-14/h5-9H,4,10H2,1-3H3,(H,19,21)(H,23,24). The number of hydrogen-bond acceptors (Lipinski definition) is 4. The Balaban J connectivity index is 2.07. The van der Waals surface area contributed by atoms with E-state index in [9.17, 15) is 14.4 Å². The minimum absolute atomic E-state index is 0.0555. The molecule has 1 aromatic heterocycles. The van der Waals surface area contributed by atoms with Crippen molar-refractivity contribution >= 4 is 17.8 Å². The Hall–Kier alpha value is -3.09. The third-order valence-corrected chi connectivity index (χ3v) is 3.82. The lowest BCUT2D eigenvalue weighted by Gasteiger charge is -2.14. The minimum atomic E-state index is -1.08. The topological polar surface area (TPSA) is 99.9 Å². The molecule has 0 fully saturated rings. The summed E-state index contributed by atoms with van der Waals surface area (Å²) < 4.78 is 5.31. The zero-order valence-electron chi connectivity index (χ0n) is 14.3. The first kappa shape index (κ1) is 18.3. The minimum Gasteiger partial charge on any atom is -0.478 e. The fraction of sp³-hybridized carbons (Fsp3) is 0.278. The van der Waals surface area contributed by atoms with Crippen molar-refractivity contribution < 1.29 is 23.9 Å². The van der Waals surface area contributed by atoms with Crippen LogP contribution in [0.2, 0.25) is 0 Å². The molecule has 25 heavy (non-hydrogen) atoms. The molecule has 7 heteroatoms. The number of carboxylic acids is 1. The van der Waals surface area contributed by atoms with Crippen LogP contribution in [0.15, 0.2) is 34.7 Å². The normalized spacial score (nSPS) is 10.4. The van der Waals surface area contributed by atoms with Crippen LogP contribution in [-0.2, 0) is 6.54 Å². The van der Waals surface area contributed by atoms with Crippen LogP contribution in [0.3, 0.4) is 0 Å². The van der Waals surface area contributed by atoms with Crippen molar-refractivity contribution in [1.29, 1.82) is 0 Å². The highest BCUT2D eigenvalue weighted by Crippen LogP contribution is 2.15. The Morgan fingerprint density at radius 2 is 1.88 bits per heavy atom. The van der Waals surface area contributed by atoms with Gasteiger partial charge in [-0.2, -0.15) is 0 Å². The van der Waals surface area contributed by atoms with Gasteiger partial charge in [0.15, 0.2) is 0 Å². The summed E-state index contributed by atoms with van der Waals surface area (Å²) in [6, 6.07) is 7.81. The van der Waals surface area contributed by atoms with Gasteiger partial charge in [-0.15, -0.1) is 0 Å². The summed E-state index contributed by atoms with van der Waals surface area (Å²) in [5.41, 5.74) is 0.843. The largest absolute Gasteiger partial charge is 0.478 e. The number of rotatable bonds is 6. The van der Waals surface area contributed by atoms with Crippen molar-refractivity contribution in [2.24, 2.45) is 0 Å². The van der Waals surface area contributed by atoms with Gasteiger partial charge in [-0.05, 0) is 38.1 Å². The van der Waals surface area contributed by atoms with Crippen LogP contribution in [0.4, 0.5) is 0 Å². The first-order valence-electron chi connectivity index (χ1n) is 7.79. The smallest absolute Gasteiger partial charge is 0.339 e. The second kappa shape index (κ2) is 7.65. The molecular weight excluding hydrogens is 324 g/mol. The van der Waals surface area contributed by atoms with Gasteiger partial charge in [-0.1, -0.05) is 6.07 Å². The number of amides is 2. The molecule has 2 amide bonds. The molecular formula is C18H20N2O5. The fourth-order valence-electron chi connectivity index (χ4n) is 2.27. The van der Waals surface area contributed by atoms with E-state index in [4.69, 9.17) is 9.52 Å². The maximum Gasteiger partial charge on any atom is 0.339 e. The number of aromatic carboxylic acids is 1. The average molecular weight is 344 g/mol. The molecule has 0 saturated carbocycles.